The van der Waals surface area contributed by atoms with E-state index in [1.54, 1.807) is 10.5 Å². The Morgan fingerprint density at radius 2 is 1.83 bits per heavy atom. The molecule has 0 radical (unpaired) electrons. The van der Waals surface area contributed by atoms with E-state index in [9.17, 15) is 4.39 Å². The Kier molecular flexibility index (Phi) is 3.65. The van der Waals surface area contributed by atoms with Crippen LogP contribution in [0, 0.1) is 17.1 Å². The van der Waals surface area contributed by atoms with Gasteiger partial charge in [0.1, 0.15) is 11.5 Å². The molecule has 0 unspecified atom stereocenters. The molecule has 0 spiro atoms. The van der Waals surface area contributed by atoms with Crippen LogP contribution in [-0.4, -0.2) is 9.38 Å². The predicted octanol–water partition coefficient (Wildman–Crippen LogP) is 4.50. The quantitative estimate of drug-likeness (QED) is 0.699. The zero-order valence-electron chi connectivity index (χ0n) is 13.5. The minimum atomic E-state index is -0.344. The Bertz CT molecular complexity index is 893. The van der Waals surface area contributed by atoms with E-state index in [0.717, 1.165) is 11.3 Å². The second-order valence-electron chi connectivity index (χ2n) is 6.64. The highest BCUT2D eigenvalue weighted by atomic mass is 19.1. The first-order valence-corrected chi connectivity index (χ1v) is 7.54. The third kappa shape index (κ3) is 2.83. The van der Waals surface area contributed by atoms with Crippen molar-refractivity contribution in [1.82, 2.24) is 9.38 Å². The van der Waals surface area contributed by atoms with E-state index in [1.807, 2.05) is 12.1 Å². The maximum atomic E-state index is 13.5. The van der Waals surface area contributed by atoms with E-state index in [1.165, 1.54) is 17.8 Å². The first kappa shape index (κ1) is 15.2. The van der Waals surface area contributed by atoms with Crippen molar-refractivity contribution in [2.45, 2.75) is 32.6 Å². The maximum Gasteiger partial charge on any atom is 0.139 e. The Balaban J connectivity index is 2.16. The van der Waals surface area contributed by atoms with Gasteiger partial charge in [-0.1, -0.05) is 45.0 Å². The number of imidazole rings is 1. The summed E-state index contributed by atoms with van der Waals surface area (Å²) in [5, 5.41) is 9.10. The van der Waals surface area contributed by atoms with Crippen molar-refractivity contribution in [3.8, 4) is 17.3 Å². The van der Waals surface area contributed by atoms with Gasteiger partial charge in [-0.3, -0.25) is 4.40 Å². The van der Waals surface area contributed by atoms with Crippen molar-refractivity contribution in [3.05, 3.63) is 59.7 Å². The molecular weight excluding hydrogens is 289 g/mol. The van der Waals surface area contributed by atoms with Crippen LogP contribution in [0.2, 0.25) is 0 Å². The minimum Gasteiger partial charge on any atom is -0.299 e. The van der Waals surface area contributed by atoms with E-state index >= 15 is 0 Å². The van der Waals surface area contributed by atoms with Crippen molar-refractivity contribution in [2.24, 2.45) is 0 Å². The van der Waals surface area contributed by atoms with Gasteiger partial charge in [-0.2, -0.15) is 5.26 Å². The number of hydrogen-bond acceptors (Lipinski definition) is 2. The molecule has 0 fully saturated rings. The fraction of sp³-hybridized carbons (Fsp3) is 0.263. The molecule has 3 nitrogen and oxygen atoms in total. The number of fused-ring (bicyclic) bond motifs is 1. The van der Waals surface area contributed by atoms with Crippen molar-refractivity contribution < 1.29 is 4.39 Å². The van der Waals surface area contributed by atoms with E-state index in [4.69, 9.17) is 5.26 Å². The highest BCUT2D eigenvalue weighted by Crippen LogP contribution is 2.28. The normalized spacial score (nSPS) is 11.6. The summed E-state index contributed by atoms with van der Waals surface area (Å²) in [5.41, 5.74) is 4.34. The molecule has 0 amide bonds. The van der Waals surface area contributed by atoms with Crippen LogP contribution in [0.3, 0.4) is 0 Å². The molecule has 2 aromatic heterocycles. The van der Waals surface area contributed by atoms with Crippen LogP contribution in [-0.2, 0) is 11.8 Å². The molecular formula is C19H18FN3. The average Bonchev–Trinajstić information content (AvgIpc) is 2.85. The van der Waals surface area contributed by atoms with Gasteiger partial charge < -0.3 is 0 Å². The van der Waals surface area contributed by atoms with E-state index in [0.29, 0.717) is 11.3 Å². The summed E-state index contributed by atoms with van der Waals surface area (Å²) < 4.78 is 15.2. The van der Waals surface area contributed by atoms with Gasteiger partial charge in [-0.15, -0.1) is 0 Å². The standard InChI is InChI=1S/C19H18FN3/c1-19(2,3)14-6-4-13(5-7-14)18-16(10-11-21)23-12-15(20)8-9-17(23)22-18/h4-9,12H,10H2,1-3H3. The molecule has 0 aliphatic heterocycles. The first-order chi connectivity index (χ1) is 10.9. The van der Waals surface area contributed by atoms with Crippen molar-refractivity contribution >= 4 is 5.65 Å². The Labute approximate surface area is 135 Å². The zero-order valence-corrected chi connectivity index (χ0v) is 13.5. The molecule has 0 bridgehead atoms. The number of aromatic nitrogens is 2. The largest absolute Gasteiger partial charge is 0.299 e. The molecule has 4 heteroatoms. The van der Waals surface area contributed by atoms with Gasteiger partial charge in [-0.25, -0.2) is 9.37 Å². The summed E-state index contributed by atoms with van der Waals surface area (Å²) in [6.07, 6.45) is 1.56. The molecule has 1 aromatic carbocycles. The molecule has 0 saturated carbocycles. The van der Waals surface area contributed by atoms with Gasteiger partial charge in [0.2, 0.25) is 0 Å². The highest BCUT2D eigenvalue weighted by molar-refractivity contribution is 5.67. The van der Waals surface area contributed by atoms with Crippen LogP contribution >= 0.6 is 0 Å². The van der Waals surface area contributed by atoms with Crippen LogP contribution in [0.4, 0.5) is 4.39 Å². The number of rotatable bonds is 2. The van der Waals surface area contributed by atoms with Gasteiger partial charge in [0.25, 0.3) is 0 Å². The molecule has 0 aliphatic carbocycles. The van der Waals surface area contributed by atoms with Crippen molar-refractivity contribution in [1.29, 1.82) is 5.26 Å². The fourth-order valence-corrected chi connectivity index (χ4v) is 2.67. The lowest BCUT2D eigenvalue weighted by atomic mass is 9.86. The number of nitrogens with zero attached hydrogens (tertiary/aromatic N) is 3. The lowest BCUT2D eigenvalue weighted by Gasteiger charge is -2.19. The second-order valence-corrected chi connectivity index (χ2v) is 6.64. The summed E-state index contributed by atoms with van der Waals surface area (Å²) >= 11 is 0. The molecule has 3 aromatic rings. The maximum absolute atomic E-state index is 13.5. The van der Waals surface area contributed by atoms with E-state index < -0.39 is 0 Å². The van der Waals surface area contributed by atoms with Crippen LogP contribution in [0.5, 0.6) is 0 Å². The molecule has 23 heavy (non-hydrogen) atoms. The fourth-order valence-electron chi connectivity index (χ4n) is 2.67. The third-order valence-electron chi connectivity index (χ3n) is 3.95. The third-order valence-corrected chi connectivity index (χ3v) is 3.95. The monoisotopic (exact) mass is 307 g/mol. The zero-order chi connectivity index (χ0) is 16.6. The van der Waals surface area contributed by atoms with E-state index in [2.05, 4.69) is 44.0 Å². The Morgan fingerprint density at radius 3 is 2.43 bits per heavy atom. The summed E-state index contributed by atoms with van der Waals surface area (Å²) in [5.74, 6) is -0.344. The number of pyridine rings is 1. The van der Waals surface area contributed by atoms with E-state index in [-0.39, 0.29) is 17.7 Å². The predicted molar refractivity (Wildman–Crippen MR) is 88.6 cm³/mol. The summed E-state index contributed by atoms with van der Waals surface area (Å²) in [4.78, 5) is 4.58. The van der Waals surface area contributed by atoms with Gasteiger partial charge in [0.05, 0.1) is 23.9 Å². The number of benzene rings is 1. The summed E-state index contributed by atoms with van der Waals surface area (Å²) in [6.45, 7) is 6.49. The lowest BCUT2D eigenvalue weighted by Crippen LogP contribution is -2.10. The van der Waals surface area contributed by atoms with Gasteiger partial charge in [0.15, 0.2) is 0 Å². The molecule has 0 aliphatic rings. The second kappa shape index (κ2) is 5.51. The van der Waals surface area contributed by atoms with Crippen LogP contribution in [0.15, 0.2) is 42.6 Å². The van der Waals surface area contributed by atoms with Gasteiger partial charge in [-0.05, 0) is 23.1 Å². The highest BCUT2D eigenvalue weighted by Gasteiger charge is 2.17. The topological polar surface area (TPSA) is 41.1 Å². The lowest BCUT2D eigenvalue weighted by molar-refractivity contribution is 0.590. The molecule has 3 rings (SSSR count). The Morgan fingerprint density at radius 1 is 1.13 bits per heavy atom. The summed E-state index contributed by atoms with van der Waals surface area (Å²) in [6, 6.07) is 13.3. The minimum absolute atomic E-state index is 0.0794. The van der Waals surface area contributed by atoms with Gasteiger partial charge in [0, 0.05) is 11.8 Å². The molecule has 116 valence electrons. The number of nitriles is 1. The van der Waals surface area contributed by atoms with Gasteiger partial charge >= 0.3 is 0 Å². The number of halogens is 1. The average molecular weight is 307 g/mol. The molecule has 0 saturated heterocycles. The molecule has 2 heterocycles. The van der Waals surface area contributed by atoms with Crippen molar-refractivity contribution in [2.75, 3.05) is 0 Å². The SMILES string of the molecule is CC(C)(C)c1ccc(-c2nc3ccc(F)cn3c2CC#N)cc1. The molecule has 0 atom stereocenters. The Hall–Kier alpha value is -2.67. The van der Waals surface area contributed by atoms with Crippen molar-refractivity contribution in [3.63, 3.8) is 0 Å². The van der Waals surface area contributed by atoms with Crippen LogP contribution < -0.4 is 0 Å². The number of hydrogen-bond donors (Lipinski definition) is 0. The first-order valence-electron chi connectivity index (χ1n) is 7.54. The smallest absolute Gasteiger partial charge is 0.139 e. The molecule has 0 N–H and O–H groups in total. The summed E-state index contributed by atoms with van der Waals surface area (Å²) in [7, 11) is 0. The van der Waals surface area contributed by atoms with Crippen LogP contribution in [0.1, 0.15) is 32.0 Å². The van der Waals surface area contributed by atoms with Crippen LogP contribution in [0.25, 0.3) is 16.9 Å².